The average Bonchev–Trinajstić information content (AvgIpc) is 2.63. The molecule has 1 heterocycles. The summed E-state index contributed by atoms with van der Waals surface area (Å²) in [5.74, 6) is -0.348. The number of carboxylic acid groups (broad SMARTS) is 1. The van der Waals surface area contributed by atoms with Crippen molar-refractivity contribution in [2.75, 3.05) is 25.1 Å². The van der Waals surface area contributed by atoms with E-state index >= 15 is 0 Å². The SMILES string of the molecule is CC(CS(C)=O)NC(=O)N1CCC(CC(=O)O)C1. The highest BCUT2D eigenvalue weighted by Gasteiger charge is 2.28. The number of urea groups is 1. The van der Waals surface area contributed by atoms with Gasteiger partial charge >= 0.3 is 12.0 Å². The molecule has 0 saturated carbocycles. The van der Waals surface area contributed by atoms with Gasteiger partial charge in [-0.05, 0) is 19.3 Å². The predicted molar refractivity (Wildman–Crippen MR) is 68.9 cm³/mol. The second kappa shape index (κ2) is 6.72. The zero-order valence-electron chi connectivity index (χ0n) is 10.7. The lowest BCUT2D eigenvalue weighted by Crippen LogP contribution is -2.44. The molecule has 6 nitrogen and oxygen atoms in total. The van der Waals surface area contributed by atoms with Gasteiger partial charge in [0.15, 0.2) is 0 Å². The van der Waals surface area contributed by atoms with Crippen LogP contribution in [0.25, 0.3) is 0 Å². The van der Waals surface area contributed by atoms with E-state index < -0.39 is 16.8 Å². The van der Waals surface area contributed by atoms with Crippen LogP contribution in [0.5, 0.6) is 0 Å². The Kier molecular flexibility index (Phi) is 5.58. The van der Waals surface area contributed by atoms with Gasteiger partial charge in [-0.15, -0.1) is 0 Å². The summed E-state index contributed by atoms with van der Waals surface area (Å²) in [4.78, 5) is 24.0. The Bertz CT molecular complexity index is 348. The molecule has 1 saturated heterocycles. The molecule has 1 rings (SSSR count). The smallest absolute Gasteiger partial charge is 0.317 e. The van der Waals surface area contributed by atoms with Gasteiger partial charge in [0.25, 0.3) is 0 Å². The standard InChI is InChI=1S/C11H20N2O4S/c1-8(7-18(2)17)12-11(16)13-4-3-9(6-13)5-10(14)15/h8-9H,3-7H2,1-2H3,(H,12,16)(H,14,15). The van der Waals surface area contributed by atoms with Crippen molar-refractivity contribution in [1.82, 2.24) is 10.2 Å². The van der Waals surface area contributed by atoms with Crippen LogP contribution in [0.4, 0.5) is 4.79 Å². The highest BCUT2D eigenvalue weighted by Crippen LogP contribution is 2.19. The van der Waals surface area contributed by atoms with Crippen LogP contribution >= 0.6 is 0 Å². The van der Waals surface area contributed by atoms with E-state index in [-0.39, 0.29) is 24.4 Å². The van der Waals surface area contributed by atoms with E-state index in [2.05, 4.69) is 5.32 Å². The summed E-state index contributed by atoms with van der Waals surface area (Å²) in [6.45, 7) is 2.88. The number of nitrogens with zero attached hydrogens (tertiary/aromatic N) is 1. The third kappa shape index (κ3) is 5.03. The number of carbonyl (C=O) groups is 2. The van der Waals surface area contributed by atoms with Crippen LogP contribution in [0, 0.1) is 5.92 Å². The minimum absolute atomic E-state index is 0.0452. The molecule has 1 aliphatic rings. The van der Waals surface area contributed by atoms with Gasteiger partial charge in [0.05, 0.1) is 0 Å². The van der Waals surface area contributed by atoms with Crippen LogP contribution < -0.4 is 5.32 Å². The number of carboxylic acids is 1. The molecule has 0 bridgehead atoms. The monoisotopic (exact) mass is 276 g/mol. The third-order valence-electron chi connectivity index (χ3n) is 2.89. The van der Waals surface area contributed by atoms with Crippen molar-refractivity contribution in [1.29, 1.82) is 0 Å². The third-order valence-corrected chi connectivity index (χ3v) is 3.86. The topological polar surface area (TPSA) is 86.7 Å². The minimum atomic E-state index is -0.939. The van der Waals surface area contributed by atoms with E-state index in [0.717, 1.165) is 6.42 Å². The van der Waals surface area contributed by atoms with Gasteiger partial charge in [0.1, 0.15) is 0 Å². The Labute approximate surface area is 109 Å². The summed E-state index contributed by atoms with van der Waals surface area (Å²) in [7, 11) is -0.939. The van der Waals surface area contributed by atoms with E-state index in [4.69, 9.17) is 5.11 Å². The lowest BCUT2D eigenvalue weighted by atomic mass is 10.1. The zero-order valence-corrected chi connectivity index (χ0v) is 11.5. The summed E-state index contributed by atoms with van der Waals surface area (Å²) in [5.41, 5.74) is 0. The Balaban J connectivity index is 2.35. The Morgan fingerprint density at radius 2 is 2.22 bits per heavy atom. The quantitative estimate of drug-likeness (QED) is 0.754. The maximum atomic E-state index is 11.8. The van der Waals surface area contributed by atoms with Crippen LogP contribution in [0.15, 0.2) is 0 Å². The molecule has 18 heavy (non-hydrogen) atoms. The number of hydrogen-bond donors (Lipinski definition) is 2. The number of hydrogen-bond acceptors (Lipinski definition) is 3. The normalized spacial score (nSPS) is 22.6. The molecular weight excluding hydrogens is 256 g/mol. The molecule has 0 radical (unpaired) electrons. The van der Waals surface area contributed by atoms with Gasteiger partial charge in [-0.3, -0.25) is 9.00 Å². The van der Waals surface area contributed by atoms with E-state index in [1.807, 2.05) is 6.92 Å². The lowest BCUT2D eigenvalue weighted by molar-refractivity contribution is -0.138. The molecule has 0 aromatic rings. The number of likely N-dealkylation sites (tertiary alicyclic amines) is 1. The van der Waals surface area contributed by atoms with Gasteiger partial charge < -0.3 is 15.3 Å². The molecule has 3 atom stereocenters. The number of rotatable bonds is 5. The van der Waals surface area contributed by atoms with Crippen LogP contribution in [-0.2, 0) is 15.6 Å². The average molecular weight is 276 g/mol. The molecule has 1 aliphatic heterocycles. The molecule has 0 aromatic carbocycles. The largest absolute Gasteiger partial charge is 0.481 e. The maximum absolute atomic E-state index is 11.8. The van der Waals surface area contributed by atoms with E-state index in [1.54, 1.807) is 11.2 Å². The highest BCUT2D eigenvalue weighted by molar-refractivity contribution is 7.84. The van der Waals surface area contributed by atoms with Crippen molar-refractivity contribution in [2.24, 2.45) is 5.92 Å². The fourth-order valence-corrected chi connectivity index (χ4v) is 2.91. The van der Waals surface area contributed by atoms with Crippen molar-refractivity contribution in [3.8, 4) is 0 Å². The zero-order chi connectivity index (χ0) is 13.7. The molecule has 0 aromatic heterocycles. The first-order valence-electron chi connectivity index (χ1n) is 5.95. The molecule has 1 fully saturated rings. The van der Waals surface area contributed by atoms with Crippen molar-refractivity contribution >= 4 is 22.8 Å². The summed E-state index contributed by atoms with van der Waals surface area (Å²) in [6, 6.07) is -0.331. The molecule has 0 aliphatic carbocycles. The van der Waals surface area contributed by atoms with Crippen molar-refractivity contribution < 1.29 is 18.9 Å². The second-order valence-electron chi connectivity index (χ2n) is 4.79. The van der Waals surface area contributed by atoms with Crippen LogP contribution in [0.3, 0.4) is 0 Å². The summed E-state index contributed by atoms with van der Waals surface area (Å²) in [5, 5.41) is 11.5. The Hall–Kier alpha value is -1.11. The maximum Gasteiger partial charge on any atom is 0.317 e. The number of aliphatic carboxylic acids is 1. The minimum Gasteiger partial charge on any atom is -0.481 e. The van der Waals surface area contributed by atoms with Gasteiger partial charge in [-0.25, -0.2) is 4.79 Å². The van der Waals surface area contributed by atoms with Gasteiger partial charge in [0, 0.05) is 48.4 Å². The van der Waals surface area contributed by atoms with Crippen LogP contribution in [-0.4, -0.2) is 57.4 Å². The van der Waals surface area contributed by atoms with Gasteiger partial charge in [-0.1, -0.05) is 0 Å². The number of amides is 2. The highest BCUT2D eigenvalue weighted by atomic mass is 32.2. The van der Waals surface area contributed by atoms with Gasteiger partial charge in [0.2, 0.25) is 0 Å². The first kappa shape index (κ1) is 14.9. The summed E-state index contributed by atoms with van der Waals surface area (Å²) >= 11 is 0. The molecular formula is C11H20N2O4S. The Morgan fingerprint density at radius 1 is 1.56 bits per heavy atom. The molecule has 104 valence electrons. The molecule has 2 N–H and O–H groups in total. The summed E-state index contributed by atoms with van der Waals surface area (Å²) in [6.07, 6.45) is 2.44. The van der Waals surface area contributed by atoms with Gasteiger partial charge in [-0.2, -0.15) is 0 Å². The predicted octanol–water partition coefficient (Wildman–Crippen LogP) is 0.260. The van der Waals surface area contributed by atoms with E-state index in [0.29, 0.717) is 18.8 Å². The number of carbonyl (C=O) groups excluding carboxylic acids is 1. The first-order chi connectivity index (χ1) is 8.38. The number of nitrogens with one attached hydrogen (secondary N) is 1. The first-order valence-corrected chi connectivity index (χ1v) is 7.68. The molecule has 7 heteroatoms. The lowest BCUT2D eigenvalue weighted by Gasteiger charge is -2.20. The fourth-order valence-electron chi connectivity index (χ4n) is 2.13. The van der Waals surface area contributed by atoms with Crippen LogP contribution in [0.2, 0.25) is 0 Å². The van der Waals surface area contributed by atoms with E-state index in [1.165, 1.54) is 0 Å². The van der Waals surface area contributed by atoms with Crippen molar-refractivity contribution in [3.05, 3.63) is 0 Å². The fraction of sp³-hybridized carbons (Fsp3) is 0.818. The molecule has 3 unspecified atom stereocenters. The molecule has 2 amide bonds. The molecule has 0 spiro atoms. The Morgan fingerprint density at radius 3 is 2.78 bits per heavy atom. The second-order valence-corrected chi connectivity index (χ2v) is 6.27. The summed E-state index contributed by atoms with van der Waals surface area (Å²) < 4.78 is 11.0. The van der Waals surface area contributed by atoms with Crippen molar-refractivity contribution in [3.63, 3.8) is 0 Å². The van der Waals surface area contributed by atoms with Crippen LogP contribution in [0.1, 0.15) is 19.8 Å². The van der Waals surface area contributed by atoms with E-state index in [9.17, 15) is 13.8 Å². The van der Waals surface area contributed by atoms with Crippen molar-refractivity contribution in [2.45, 2.75) is 25.8 Å².